The van der Waals surface area contributed by atoms with E-state index in [1.807, 2.05) is 36.4 Å². The first-order valence-electron chi connectivity index (χ1n) is 5.70. The van der Waals surface area contributed by atoms with E-state index in [1.54, 1.807) is 7.11 Å². The van der Waals surface area contributed by atoms with Gasteiger partial charge in [-0.15, -0.1) is 0 Å². The van der Waals surface area contributed by atoms with Gasteiger partial charge in [-0.2, -0.15) is 0 Å². The topological polar surface area (TPSA) is 43.8 Å². The van der Waals surface area contributed by atoms with Crippen LogP contribution < -0.4 is 10.4 Å². The van der Waals surface area contributed by atoms with Crippen LogP contribution in [0.25, 0.3) is 16.4 Å². The largest absolute Gasteiger partial charge is 0.497 e. The Labute approximate surface area is 103 Å². The van der Waals surface area contributed by atoms with Crippen LogP contribution >= 0.6 is 0 Å². The lowest BCUT2D eigenvalue weighted by Crippen LogP contribution is -2.05. The molecule has 0 aliphatic carbocycles. The van der Waals surface area contributed by atoms with Crippen molar-refractivity contribution in [2.75, 3.05) is 7.11 Å². The minimum absolute atomic E-state index is 0.312. The smallest absolute Gasteiger partial charge is 0.360 e. The third-order valence-corrected chi connectivity index (χ3v) is 3.31. The predicted octanol–water partition coefficient (Wildman–Crippen LogP) is 2.67. The fourth-order valence-electron chi connectivity index (χ4n) is 2.41. The van der Waals surface area contributed by atoms with Crippen molar-refractivity contribution in [2.24, 2.45) is 0 Å². The third-order valence-electron chi connectivity index (χ3n) is 3.31. The second kappa shape index (κ2) is 3.63. The molecular weight excluding hydrogens is 230 g/mol. The van der Waals surface area contributed by atoms with Crippen LogP contribution in [-0.2, 0) is 0 Å². The van der Waals surface area contributed by atoms with Gasteiger partial charge in [0.2, 0.25) is 0 Å². The van der Waals surface area contributed by atoms with Gasteiger partial charge in [-0.1, -0.05) is 0 Å². The summed E-state index contributed by atoms with van der Waals surface area (Å²) >= 11 is 0. The maximum absolute atomic E-state index is 11.9. The van der Waals surface area contributed by atoms with Crippen molar-refractivity contribution >= 4 is 16.4 Å². The molecule has 92 valence electrons. The molecule has 0 aliphatic rings. The van der Waals surface area contributed by atoms with Crippen LogP contribution in [0.15, 0.2) is 33.7 Å². The van der Waals surface area contributed by atoms with Gasteiger partial charge in [0.25, 0.3) is 0 Å². The van der Waals surface area contributed by atoms with Gasteiger partial charge in [-0.05, 0) is 37.6 Å². The van der Waals surface area contributed by atoms with Crippen LogP contribution in [0.1, 0.15) is 11.3 Å². The summed E-state index contributed by atoms with van der Waals surface area (Å²) in [4.78, 5) is 11.9. The van der Waals surface area contributed by atoms with E-state index in [0.717, 1.165) is 27.9 Å². The van der Waals surface area contributed by atoms with Crippen molar-refractivity contribution < 1.29 is 9.15 Å². The Morgan fingerprint density at radius 2 is 2.06 bits per heavy atom. The Bertz CT molecular complexity index is 811. The minimum atomic E-state index is -0.312. The van der Waals surface area contributed by atoms with Gasteiger partial charge in [-0.3, -0.25) is 0 Å². The van der Waals surface area contributed by atoms with E-state index in [2.05, 4.69) is 0 Å². The molecule has 0 radical (unpaired) electrons. The zero-order valence-corrected chi connectivity index (χ0v) is 10.5. The Balaban J connectivity index is 2.62. The summed E-state index contributed by atoms with van der Waals surface area (Å²) in [5.74, 6) is 0.781. The first-order valence-corrected chi connectivity index (χ1v) is 5.70. The SMILES string of the molecule is COc1ccc2c(c1)c(C)c1c(=O)occ(C)n12. The Morgan fingerprint density at radius 1 is 1.28 bits per heavy atom. The summed E-state index contributed by atoms with van der Waals surface area (Å²) in [5, 5.41) is 1.01. The number of hydrogen-bond acceptors (Lipinski definition) is 3. The van der Waals surface area contributed by atoms with E-state index in [0.29, 0.717) is 5.52 Å². The first kappa shape index (κ1) is 10.9. The van der Waals surface area contributed by atoms with Crippen LogP contribution in [0.4, 0.5) is 0 Å². The highest BCUT2D eigenvalue weighted by Gasteiger charge is 2.14. The second-order valence-corrected chi connectivity index (χ2v) is 4.36. The number of hydrogen-bond donors (Lipinski definition) is 0. The van der Waals surface area contributed by atoms with Gasteiger partial charge in [-0.25, -0.2) is 4.79 Å². The van der Waals surface area contributed by atoms with E-state index in [1.165, 1.54) is 6.26 Å². The molecule has 2 aromatic heterocycles. The molecule has 0 spiro atoms. The number of nitrogens with zero attached hydrogens (tertiary/aromatic N) is 1. The van der Waals surface area contributed by atoms with E-state index >= 15 is 0 Å². The van der Waals surface area contributed by atoms with Crippen molar-refractivity contribution in [3.05, 3.63) is 46.1 Å². The highest BCUT2D eigenvalue weighted by Crippen LogP contribution is 2.28. The van der Waals surface area contributed by atoms with Crippen molar-refractivity contribution in [3.8, 4) is 5.75 Å². The summed E-state index contributed by atoms with van der Waals surface area (Å²) in [7, 11) is 1.63. The molecule has 3 rings (SSSR count). The normalized spacial score (nSPS) is 11.3. The Morgan fingerprint density at radius 3 is 2.78 bits per heavy atom. The number of benzene rings is 1. The molecular formula is C14H13NO3. The molecule has 0 atom stereocenters. The molecule has 0 bridgehead atoms. The van der Waals surface area contributed by atoms with E-state index < -0.39 is 0 Å². The Kier molecular flexibility index (Phi) is 2.20. The zero-order chi connectivity index (χ0) is 12.9. The first-order chi connectivity index (χ1) is 8.63. The monoisotopic (exact) mass is 243 g/mol. The van der Waals surface area contributed by atoms with Crippen molar-refractivity contribution in [1.29, 1.82) is 0 Å². The molecule has 18 heavy (non-hydrogen) atoms. The van der Waals surface area contributed by atoms with Crippen LogP contribution in [0.2, 0.25) is 0 Å². The summed E-state index contributed by atoms with van der Waals surface area (Å²) in [6.45, 7) is 3.84. The number of rotatable bonds is 1. The van der Waals surface area contributed by atoms with Crippen molar-refractivity contribution in [2.45, 2.75) is 13.8 Å². The van der Waals surface area contributed by atoms with Crippen LogP contribution in [0, 0.1) is 13.8 Å². The fraction of sp³-hybridized carbons (Fsp3) is 0.214. The molecule has 0 amide bonds. The minimum Gasteiger partial charge on any atom is -0.497 e. The van der Waals surface area contributed by atoms with Gasteiger partial charge in [0.05, 0.1) is 18.3 Å². The highest BCUT2D eigenvalue weighted by molar-refractivity contribution is 5.92. The van der Waals surface area contributed by atoms with Gasteiger partial charge in [0.15, 0.2) is 0 Å². The summed E-state index contributed by atoms with van der Waals surface area (Å²) in [5.41, 5.74) is 3.09. The number of ether oxygens (including phenoxy) is 1. The molecule has 0 fully saturated rings. The van der Waals surface area contributed by atoms with Gasteiger partial charge in [0, 0.05) is 5.39 Å². The van der Waals surface area contributed by atoms with E-state index in [9.17, 15) is 4.79 Å². The van der Waals surface area contributed by atoms with Gasteiger partial charge < -0.3 is 13.6 Å². The summed E-state index contributed by atoms with van der Waals surface area (Å²) in [6, 6.07) is 5.79. The van der Waals surface area contributed by atoms with Crippen molar-refractivity contribution in [1.82, 2.24) is 4.40 Å². The lowest BCUT2D eigenvalue weighted by atomic mass is 10.2. The average molecular weight is 243 g/mol. The molecule has 0 unspecified atom stereocenters. The maximum Gasteiger partial charge on any atom is 0.360 e. The maximum atomic E-state index is 11.9. The fourth-order valence-corrected chi connectivity index (χ4v) is 2.41. The number of fused-ring (bicyclic) bond motifs is 3. The second-order valence-electron chi connectivity index (χ2n) is 4.36. The Hall–Kier alpha value is -2.23. The number of aryl methyl sites for hydroxylation is 2. The molecule has 0 N–H and O–H groups in total. The average Bonchev–Trinajstić information content (AvgIpc) is 2.68. The standard InChI is InChI=1S/C14H13NO3/c1-8-7-18-14(16)13-9(2)11-6-10(17-3)4-5-12(11)15(8)13/h4-7H,1-3H3. The molecule has 2 heterocycles. The van der Waals surface area contributed by atoms with Crippen LogP contribution in [-0.4, -0.2) is 11.5 Å². The zero-order valence-electron chi connectivity index (χ0n) is 10.5. The molecule has 0 saturated heterocycles. The molecule has 4 heteroatoms. The molecule has 4 nitrogen and oxygen atoms in total. The van der Waals surface area contributed by atoms with Crippen molar-refractivity contribution in [3.63, 3.8) is 0 Å². The molecule has 3 aromatic rings. The third kappa shape index (κ3) is 1.29. The van der Waals surface area contributed by atoms with Crippen LogP contribution in [0.5, 0.6) is 5.75 Å². The summed E-state index contributed by atoms with van der Waals surface area (Å²) < 4.78 is 12.2. The number of methoxy groups -OCH3 is 1. The lowest BCUT2D eigenvalue weighted by molar-refractivity contribution is 0.415. The van der Waals surface area contributed by atoms with Gasteiger partial charge in [0.1, 0.15) is 17.5 Å². The lowest BCUT2D eigenvalue weighted by Gasteiger charge is -2.01. The van der Waals surface area contributed by atoms with E-state index in [-0.39, 0.29) is 5.63 Å². The predicted molar refractivity (Wildman–Crippen MR) is 69.5 cm³/mol. The molecule has 0 aliphatic heterocycles. The molecule has 1 aromatic carbocycles. The van der Waals surface area contributed by atoms with Gasteiger partial charge >= 0.3 is 5.63 Å². The molecule has 0 saturated carbocycles. The quantitative estimate of drug-likeness (QED) is 0.660. The van der Waals surface area contributed by atoms with Crippen LogP contribution in [0.3, 0.4) is 0 Å². The number of aromatic nitrogens is 1. The summed E-state index contributed by atoms with van der Waals surface area (Å²) in [6.07, 6.45) is 1.48. The van der Waals surface area contributed by atoms with E-state index in [4.69, 9.17) is 9.15 Å². The highest BCUT2D eigenvalue weighted by atomic mass is 16.5.